The summed E-state index contributed by atoms with van der Waals surface area (Å²) in [7, 11) is 0. The number of halogens is 1. The predicted molar refractivity (Wildman–Crippen MR) is 126 cm³/mol. The van der Waals surface area contributed by atoms with Gasteiger partial charge in [-0.25, -0.2) is 14.4 Å². The molecule has 164 valence electrons. The van der Waals surface area contributed by atoms with Gasteiger partial charge in [-0.05, 0) is 54.7 Å². The molecule has 2 aromatic carbocycles. The molecule has 0 N–H and O–H groups in total. The van der Waals surface area contributed by atoms with Gasteiger partial charge in [-0.3, -0.25) is 0 Å². The summed E-state index contributed by atoms with van der Waals surface area (Å²) in [5, 5.41) is 0. The molecule has 0 radical (unpaired) electrons. The molecular weight excluding hydrogens is 387 g/mol. The van der Waals surface area contributed by atoms with Crippen molar-refractivity contribution in [1.82, 2.24) is 9.97 Å². The van der Waals surface area contributed by atoms with E-state index in [4.69, 9.17) is 4.74 Å². The third kappa shape index (κ3) is 7.16. The van der Waals surface area contributed by atoms with E-state index in [1.54, 1.807) is 0 Å². The highest BCUT2D eigenvalue weighted by molar-refractivity contribution is 5.64. The lowest BCUT2D eigenvalue weighted by Gasteiger charge is -2.09. The summed E-state index contributed by atoms with van der Waals surface area (Å²) in [4.78, 5) is 9.06. The van der Waals surface area contributed by atoms with Crippen LogP contribution in [0.25, 0.3) is 22.5 Å². The van der Waals surface area contributed by atoms with Gasteiger partial charge in [-0.15, -0.1) is 0 Å². The summed E-state index contributed by atoms with van der Waals surface area (Å²) < 4.78 is 18.8. The molecule has 1 unspecified atom stereocenters. The van der Waals surface area contributed by atoms with Gasteiger partial charge in [0.15, 0.2) is 5.82 Å². The summed E-state index contributed by atoms with van der Waals surface area (Å²) in [5.41, 5.74) is 4.43. The van der Waals surface area contributed by atoms with E-state index >= 15 is 0 Å². The molecule has 1 atom stereocenters. The average molecular weight is 421 g/mol. The van der Waals surface area contributed by atoms with Crippen LogP contribution < -0.4 is 4.74 Å². The molecule has 3 rings (SSSR count). The van der Waals surface area contributed by atoms with Crippen LogP contribution in [0.3, 0.4) is 0 Å². The minimum Gasteiger partial charge on any atom is -0.491 e. The quantitative estimate of drug-likeness (QED) is 0.285. The Labute approximate surface area is 185 Å². The van der Waals surface area contributed by atoms with Gasteiger partial charge < -0.3 is 4.74 Å². The van der Waals surface area contributed by atoms with Crippen molar-refractivity contribution in [3.63, 3.8) is 0 Å². The van der Waals surface area contributed by atoms with Crippen molar-refractivity contribution in [2.75, 3.05) is 6.61 Å². The van der Waals surface area contributed by atoms with Crippen LogP contribution in [-0.2, 0) is 6.42 Å². The lowest BCUT2D eigenvalue weighted by atomic mass is 10.0. The third-order valence-electron chi connectivity index (χ3n) is 5.49. The Morgan fingerprint density at radius 2 is 1.42 bits per heavy atom. The number of rotatable bonds is 12. The Morgan fingerprint density at radius 1 is 0.774 bits per heavy atom. The second-order valence-electron chi connectivity index (χ2n) is 8.00. The molecule has 0 saturated carbocycles. The maximum absolute atomic E-state index is 13.3. The molecule has 4 heteroatoms. The van der Waals surface area contributed by atoms with Crippen LogP contribution in [0.4, 0.5) is 4.39 Å². The largest absolute Gasteiger partial charge is 0.491 e. The molecule has 0 aliphatic carbocycles. The molecule has 0 saturated heterocycles. The van der Waals surface area contributed by atoms with Crippen molar-refractivity contribution in [3.05, 3.63) is 66.5 Å². The highest BCUT2D eigenvalue weighted by Gasteiger charge is 2.06. The maximum Gasteiger partial charge on any atom is 0.159 e. The van der Waals surface area contributed by atoms with Crippen LogP contribution >= 0.6 is 0 Å². The molecule has 0 spiro atoms. The highest BCUT2D eigenvalue weighted by atomic mass is 19.1. The van der Waals surface area contributed by atoms with Gasteiger partial charge in [0.25, 0.3) is 0 Å². The molecular formula is C27H33FN2O. The smallest absolute Gasteiger partial charge is 0.159 e. The topological polar surface area (TPSA) is 35.0 Å². The van der Waals surface area contributed by atoms with E-state index in [1.807, 2.05) is 43.6 Å². The van der Waals surface area contributed by atoms with Crippen LogP contribution in [-0.4, -0.2) is 22.7 Å². The molecule has 1 aromatic heterocycles. The Bertz CT molecular complexity index is 892. The molecule has 0 amide bonds. The summed E-state index contributed by atoms with van der Waals surface area (Å²) in [6, 6.07) is 16.2. The second kappa shape index (κ2) is 12.2. The molecule has 31 heavy (non-hydrogen) atoms. The third-order valence-corrected chi connectivity index (χ3v) is 5.49. The van der Waals surface area contributed by atoms with Crippen LogP contribution in [0.2, 0.25) is 0 Å². The van der Waals surface area contributed by atoms with Gasteiger partial charge in [-0.2, -0.15) is 0 Å². The summed E-state index contributed by atoms with van der Waals surface area (Å²) >= 11 is 0. The predicted octanol–water partition coefficient (Wildman–Crippen LogP) is 7.45. The van der Waals surface area contributed by atoms with Gasteiger partial charge in [0.2, 0.25) is 0 Å². The number of hydrogen-bond donors (Lipinski definition) is 0. The van der Waals surface area contributed by atoms with Crippen molar-refractivity contribution in [1.29, 1.82) is 0 Å². The fourth-order valence-corrected chi connectivity index (χ4v) is 3.43. The first kappa shape index (κ1) is 22.9. The summed E-state index contributed by atoms with van der Waals surface area (Å²) in [6.45, 7) is 4.14. The average Bonchev–Trinajstić information content (AvgIpc) is 2.83. The SMILES string of the molecule is CCCCCCCc1ccc(-c2cnc(-c3ccc(OCC(F)CC)cc3)nc2)cc1. The van der Waals surface area contributed by atoms with Gasteiger partial charge in [0, 0.05) is 23.5 Å². The monoisotopic (exact) mass is 420 g/mol. The summed E-state index contributed by atoms with van der Waals surface area (Å²) in [6.07, 6.45) is 10.9. The number of alkyl halides is 1. The number of benzene rings is 2. The zero-order chi connectivity index (χ0) is 21.9. The van der Waals surface area contributed by atoms with Crippen LogP contribution in [0, 0.1) is 0 Å². The maximum atomic E-state index is 13.3. The first-order chi connectivity index (χ1) is 15.2. The summed E-state index contributed by atoms with van der Waals surface area (Å²) in [5.74, 6) is 1.32. The minimum atomic E-state index is -0.935. The zero-order valence-electron chi connectivity index (χ0n) is 18.7. The molecule has 3 aromatic rings. The number of aromatic nitrogens is 2. The van der Waals surface area contributed by atoms with Gasteiger partial charge >= 0.3 is 0 Å². The van der Waals surface area contributed by atoms with Crippen molar-refractivity contribution in [2.24, 2.45) is 0 Å². The Morgan fingerprint density at radius 3 is 2.06 bits per heavy atom. The van der Waals surface area contributed by atoms with Crippen molar-refractivity contribution < 1.29 is 9.13 Å². The number of aryl methyl sites for hydroxylation is 1. The van der Waals surface area contributed by atoms with Crippen molar-refractivity contribution in [3.8, 4) is 28.3 Å². The Hall–Kier alpha value is -2.75. The first-order valence-electron chi connectivity index (χ1n) is 11.5. The van der Waals surface area contributed by atoms with Gasteiger partial charge in [-0.1, -0.05) is 63.8 Å². The van der Waals surface area contributed by atoms with E-state index in [9.17, 15) is 4.39 Å². The Kier molecular flexibility index (Phi) is 9.01. The van der Waals surface area contributed by atoms with E-state index in [0.717, 1.165) is 23.1 Å². The normalized spacial score (nSPS) is 12.0. The fourth-order valence-electron chi connectivity index (χ4n) is 3.43. The first-order valence-corrected chi connectivity index (χ1v) is 11.5. The molecule has 0 aliphatic rings. The van der Waals surface area contributed by atoms with Gasteiger partial charge in [0.05, 0.1) is 0 Å². The standard InChI is InChI=1S/C27H33FN2O/c1-3-5-6-7-8-9-21-10-12-22(13-11-21)24-18-29-27(30-19-24)23-14-16-26(17-15-23)31-20-25(28)4-2/h10-19,25H,3-9,20H2,1-2H3. The Balaban J connectivity index is 1.56. The minimum absolute atomic E-state index is 0.0820. The number of nitrogens with zero attached hydrogens (tertiary/aromatic N) is 2. The number of ether oxygens (including phenoxy) is 1. The molecule has 1 heterocycles. The van der Waals surface area contributed by atoms with E-state index in [-0.39, 0.29) is 6.61 Å². The van der Waals surface area contributed by atoms with Gasteiger partial charge in [0.1, 0.15) is 18.5 Å². The lowest BCUT2D eigenvalue weighted by Crippen LogP contribution is -2.11. The van der Waals surface area contributed by atoms with E-state index in [2.05, 4.69) is 41.2 Å². The van der Waals surface area contributed by atoms with Crippen LogP contribution in [0.5, 0.6) is 5.75 Å². The van der Waals surface area contributed by atoms with Crippen molar-refractivity contribution in [2.45, 2.75) is 65.0 Å². The molecule has 3 nitrogen and oxygen atoms in total. The fraction of sp³-hybridized carbons (Fsp3) is 0.407. The van der Waals surface area contributed by atoms with E-state index in [0.29, 0.717) is 18.0 Å². The molecule has 0 fully saturated rings. The van der Waals surface area contributed by atoms with Crippen LogP contribution in [0.1, 0.15) is 57.9 Å². The number of hydrogen-bond acceptors (Lipinski definition) is 3. The van der Waals surface area contributed by atoms with Crippen molar-refractivity contribution >= 4 is 0 Å². The molecule has 0 bridgehead atoms. The highest BCUT2D eigenvalue weighted by Crippen LogP contribution is 2.23. The van der Waals surface area contributed by atoms with E-state index < -0.39 is 6.17 Å². The molecule has 0 aliphatic heterocycles. The number of unbranched alkanes of at least 4 members (excludes halogenated alkanes) is 4. The van der Waals surface area contributed by atoms with E-state index in [1.165, 1.54) is 37.7 Å². The lowest BCUT2D eigenvalue weighted by molar-refractivity contribution is 0.192. The van der Waals surface area contributed by atoms with Crippen LogP contribution in [0.15, 0.2) is 60.9 Å². The zero-order valence-corrected chi connectivity index (χ0v) is 18.7. The second-order valence-corrected chi connectivity index (χ2v) is 8.00.